The van der Waals surface area contributed by atoms with Crippen molar-refractivity contribution in [2.24, 2.45) is 0 Å². The number of benzene rings is 2. The summed E-state index contributed by atoms with van der Waals surface area (Å²) in [6.07, 6.45) is 6.51. The van der Waals surface area contributed by atoms with E-state index in [1.807, 2.05) is 54.6 Å². The molecule has 4 aromatic rings. The second kappa shape index (κ2) is 7.96. The van der Waals surface area contributed by atoms with Crippen molar-refractivity contribution in [1.29, 1.82) is 0 Å². The Labute approximate surface area is 158 Å². The molecule has 136 valence electrons. The third-order valence-electron chi connectivity index (χ3n) is 4.44. The Balaban J connectivity index is 1.47. The van der Waals surface area contributed by atoms with E-state index in [4.69, 9.17) is 14.1 Å². The number of furan rings is 1. The maximum atomic E-state index is 5.86. The highest BCUT2D eigenvalue weighted by Gasteiger charge is 2.08. The number of aryl methyl sites for hydroxylation is 2. The molecule has 4 nitrogen and oxygen atoms in total. The fraction of sp³-hybridized carbons (Fsp3) is 0.174. The van der Waals surface area contributed by atoms with Gasteiger partial charge in [0.15, 0.2) is 0 Å². The molecule has 0 amide bonds. The highest BCUT2D eigenvalue weighted by Crippen LogP contribution is 2.19. The summed E-state index contributed by atoms with van der Waals surface area (Å²) in [7, 11) is 0. The lowest BCUT2D eigenvalue weighted by Crippen LogP contribution is -2.06. The Kier molecular flexibility index (Phi) is 5.06. The van der Waals surface area contributed by atoms with E-state index in [1.165, 1.54) is 5.56 Å². The highest BCUT2D eigenvalue weighted by molar-refractivity contribution is 5.79. The zero-order valence-electron chi connectivity index (χ0n) is 15.3. The van der Waals surface area contributed by atoms with Gasteiger partial charge in [-0.15, -0.1) is 0 Å². The zero-order chi connectivity index (χ0) is 18.5. The normalized spacial score (nSPS) is 11.4. The smallest absolute Gasteiger partial charge is 0.133 e. The topological polar surface area (TPSA) is 40.2 Å². The minimum atomic E-state index is 0.664. The molecule has 0 spiro atoms. The third kappa shape index (κ3) is 4.11. The molecule has 4 rings (SSSR count). The van der Waals surface area contributed by atoms with Crippen LogP contribution in [0, 0.1) is 6.92 Å². The Morgan fingerprint density at radius 3 is 2.67 bits per heavy atom. The van der Waals surface area contributed by atoms with Crippen LogP contribution >= 0.6 is 0 Å². The van der Waals surface area contributed by atoms with E-state index in [1.54, 1.807) is 6.26 Å². The lowest BCUT2D eigenvalue weighted by Gasteiger charge is -2.09. The Morgan fingerprint density at radius 1 is 1.00 bits per heavy atom. The first-order chi connectivity index (χ1) is 13.3. The third-order valence-corrected chi connectivity index (χ3v) is 4.44. The number of hydrogen-bond acceptors (Lipinski definition) is 3. The molecule has 0 fully saturated rings. The molecule has 0 unspecified atom stereocenters. The van der Waals surface area contributed by atoms with Gasteiger partial charge in [-0.1, -0.05) is 29.8 Å². The largest absolute Gasteiger partial charge is 0.494 e. The molecule has 0 N–H and O–H groups in total. The molecule has 27 heavy (non-hydrogen) atoms. The maximum absolute atomic E-state index is 5.86. The summed E-state index contributed by atoms with van der Waals surface area (Å²) in [4.78, 5) is 4.75. The standard InChI is InChI=1S/C23H22N2O2/c1-18-9-11-20(12-10-18)27-17-5-15-25-22-8-3-2-7-21(22)24-23(25)14-13-19-6-4-16-26-19/h2-4,6-14,16H,5,15,17H2,1H3. The van der Waals surface area contributed by atoms with Gasteiger partial charge in [0.2, 0.25) is 0 Å². The lowest BCUT2D eigenvalue weighted by atomic mass is 10.2. The van der Waals surface area contributed by atoms with Gasteiger partial charge in [-0.05, 0) is 61.9 Å². The van der Waals surface area contributed by atoms with Crippen LogP contribution in [0.1, 0.15) is 23.6 Å². The number of ether oxygens (including phenoxy) is 1. The fourth-order valence-electron chi connectivity index (χ4n) is 3.05. The monoisotopic (exact) mass is 358 g/mol. The van der Waals surface area contributed by atoms with E-state index in [2.05, 4.69) is 29.7 Å². The average molecular weight is 358 g/mol. The summed E-state index contributed by atoms with van der Waals surface area (Å²) >= 11 is 0. The van der Waals surface area contributed by atoms with Crippen molar-refractivity contribution in [3.63, 3.8) is 0 Å². The molecule has 2 aromatic heterocycles. The van der Waals surface area contributed by atoms with Crippen LogP contribution < -0.4 is 4.74 Å². The molecule has 2 heterocycles. The summed E-state index contributed by atoms with van der Waals surface area (Å²) in [5.74, 6) is 2.65. The predicted molar refractivity (Wildman–Crippen MR) is 109 cm³/mol. The number of fused-ring (bicyclic) bond motifs is 1. The minimum absolute atomic E-state index is 0.664. The van der Waals surface area contributed by atoms with Gasteiger partial charge in [0.05, 0.1) is 23.9 Å². The highest BCUT2D eigenvalue weighted by atomic mass is 16.5. The molecule has 2 aromatic carbocycles. The van der Waals surface area contributed by atoms with E-state index >= 15 is 0 Å². The van der Waals surface area contributed by atoms with E-state index in [-0.39, 0.29) is 0 Å². The van der Waals surface area contributed by atoms with Crippen molar-refractivity contribution in [3.8, 4) is 5.75 Å². The SMILES string of the molecule is Cc1ccc(OCCCn2c(C=Cc3ccco3)nc3ccccc32)cc1. The van der Waals surface area contributed by atoms with Crippen LogP contribution in [0.3, 0.4) is 0 Å². The van der Waals surface area contributed by atoms with Crippen LogP contribution in [0.2, 0.25) is 0 Å². The number of imidazole rings is 1. The Morgan fingerprint density at radius 2 is 1.85 bits per heavy atom. The minimum Gasteiger partial charge on any atom is -0.494 e. The molecule has 0 saturated carbocycles. The van der Waals surface area contributed by atoms with E-state index in [0.717, 1.165) is 41.3 Å². The molecule has 0 aliphatic heterocycles. The number of hydrogen-bond donors (Lipinski definition) is 0. The van der Waals surface area contributed by atoms with Crippen molar-refractivity contribution in [1.82, 2.24) is 9.55 Å². The molecule has 0 aliphatic carbocycles. The van der Waals surface area contributed by atoms with Gasteiger partial charge in [-0.3, -0.25) is 0 Å². The van der Waals surface area contributed by atoms with Crippen molar-refractivity contribution in [2.45, 2.75) is 19.9 Å². The van der Waals surface area contributed by atoms with E-state index in [9.17, 15) is 0 Å². The first-order valence-electron chi connectivity index (χ1n) is 9.16. The van der Waals surface area contributed by atoms with Crippen LogP contribution in [0.25, 0.3) is 23.2 Å². The molecule has 0 aliphatic rings. The average Bonchev–Trinajstić information content (AvgIpc) is 3.33. The molecular formula is C23H22N2O2. The van der Waals surface area contributed by atoms with Gasteiger partial charge in [-0.25, -0.2) is 4.98 Å². The van der Waals surface area contributed by atoms with Crippen LogP contribution in [0.15, 0.2) is 71.3 Å². The number of rotatable bonds is 7. The maximum Gasteiger partial charge on any atom is 0.133 e. The van der Waals surface area contributed by atoms with Crippen molar-refractivity contribution < 1.29 is 9.15 Å². The predicted octanol–water partition coefficient (Wildman–Crippen LogP) is 5.58. The number of nitrogens with zero attached hydrogens (tertiary/aromatic N) is 2. The van der Waals surface area contributed by atoms with Crippen LogP contribution in [-0.4, -0.2) is 16.2 Å². The Hall–Kier alpha value is -3.27. The fourth-order valence-corrected chi connectivity index (χ4v) is 3.05. The Bertz CT molecular complexity index is 1030. The van der Waals surface area contributed by atoms with E-state index < -0.39 is 0 Å². The van der Waals surface area contributed by atoms with Gasteiger partial charge in [0.25, 0.3) is 0 Å². The van der Waals surface area contributed by atoms with Gasteiger partial charge in [0, 0.05) is 6.54 Å². The molecular weight excluding hydrogens is 336 g/mol. The lowest BCUT2D eigenvalue weighted by molar-refractivity contribution is 0.302. The summed E-state index contributed by atoms with van der Waals surface area (Å²) < 4.78 is 13.5. The molecule has 0 saturated heterocycles. The number of para-hydroxylation sites is 2. The first-order valence-corrected chi connectivity index (χ1v) is 9.16. The molecule has 4 heteroatoms. The summed E-state index contributed by atoms with van der Waals surface area (Å²) in [5.41, 5.74) is 3.36. The van der Waals surface area contributed by atoms with Crippen molar-refractivity contribution >= 4 is 23.2 Å². The zero-order valence-corrected chi connectivity index (χ0v) is 15.3. The quantitative estimate of drug-likeness (QED) is 0.405. The number of aromatic nitrogens is 2. The molecule has 0 atom stereocenters. The second-order valence-electron chi connectivity index (χ2n) is 6.47. The van der Waals surface area contributed by atoms with Crippen molar-refractivity contribution in [2.75, 3.05) is 6.61 Å². The first kappa shape index (κ1) is 17.2. The summed E-state index contributed by atoms with van der Waals surface area (Å²) in [6, 6.07) is 20.2. The van der Waals surface area contributed by atoms with Crippen LogP contribution in [-0.2, 0) is 6.54 Å². The summed E-state index contributed by atoms with van der Waals surface area (Å²) in [6.45, 7) is 3.58. The molecule has 0 radical (unpaired) electrons. The van der Waals surface area contributed by atoms with Crippen LogP contribution in [0.5, 0.6) is 5.75 Å². The van der Waals surface area contributed by atoms with Gasteiger partial charge in [0.1, 0.15) is 17.3 Å². The summed E-state index contributed by atoms with van der Waals surface area (Å²) in [5, 5.41) is 0. The van der Waals surface area contributed by atoms with Gasteiger partial charge < -0.3 is 13.7 Å². The van der Waals surface area contributed by atoms with E-state index in [0.29, 0.717) is 6.61 Å². The molecule has 0 bridgehead atoms. The second-order valence-corrected chi connectivity index (χ2v) is 6.47. The van der Waals surface area contributed by atoms with Crippen molar-refractivity contribution in [3.05, 3.63) is 84.1 Å². The van der Waals surface area contributed by atoms with Gasteiger partial charge >= 0.3 is 0 Å². The van der Waals surface area contributed by atoms with Gasteiger partial charge in [-0.2, -0.15) is 0 Å². The van der Waals surface area contributed by atoms with Crippen LogP contribution in [0.4, 0.5) is 0 Å².